The van der Waals surface area contributed by atoms with Crippen LogP contribution in [-0.4, -0.2) is 102 Å². The van der Waals surface area contributed by atoms with Gasteiger partial charge in [-0.2, -0.15) is 13.2 Å². The number of rotatable bonds is 12. The number of aliphatic hydroxyl groups excluding tert-OH is 1. The van der Waals surface area contributed by atoms with E-state index in [9.17, 15) is 32.7 Å². The van der Waals surface area contributed by atoms with Gasteiger partial charge in [-0.3, -0.25) is 19.7 Å². The molecule has 3 aromatic rings. The molecule has 63 heavy (non-hydrogen) atoms. The molecule has 8 rings (SSSR count). The van der Waals surface area contributed by atoms with Gasteiger partial charge in [0.2, 0.25) is 24.2 Å². The largest absolute Gasteiger partial charge is 0.419 e. The molecule has 3 saturated heterocycles. The second-order valence-corrected chi connectivity index (χ2v) is 20.0. The van der Waals surface area contributed by atoms with Crippen LogP contribution in [0.2, 0.25) is 0 Å². The highest BCUT2D eigenvalue weighted by Gasteiger charge is 2.46. The Morgan fingerprint density at radius 1 is 1.00 bits per heavy atom. The number of nitrogens with zero attached hydrogens (tertiary/aromatic N) is 6. The summed E-state index contributed by atoms with van der Waals surface area (Å²) < 4.78 is 58.0. The molecule has 12 nitrogen and oxygen atoms in total. The summed E-state index contributed by atoms with van der Waals surface area (Å²) >= 11 is 1.90. The van der Waals surface area contributed by atoms with E-state index < -0.39 is 35.6 Å². The van der Waals surface area contributed by atoms with E-state index in [1.54, 1.807) is 31.1 Å². The molecule has 5 aliphatic rings. The monoisotopic (exact) mass is 894 g/mol. The highest BCUT2D eigenvalue weighted by atomic mass is 32.2. The predicted molar refractivity (Wildman–Crippen MR) is 236 cm³/mol. The maximum absolute atomic E-state index is 16.3. The molecule has 1 atom stereocenters. The minimum Gasteiger partial charge on any atom is -0.393 e. The van der Waals surface area contributed by atoms with Crippen LogP contribution in [0, 0.1) is 24.1 Å². The second kappa shape index (κ2) is 18.6. The number of carbonyl (C=O) groups is 3. The van der Waals surface area contributed by atoms with Crippen molar-refractivity contribution in [1.29, 1.82) is 0 Å². The first-order valence-electron chi connectivity index (χ1n) is 22.3. The lowest BCUT2D eigenvalue weighted by molar-refractivity contribution is -0.139. The Hall–Kier alpha value is -4.48. The molecule has 3 N–H and O–H groups in total. The molecule has 1 aromatic heterocycles. The fraction of sp³-hybridized carbons (Fsp3) is 0.587. The quantitative estimate of drug-likeness (QED) is 0.0935. The Morgan fingerprint density at radius 3 is 2.35 bits per heavy atom. The van der Waals surface area contributed by atoms with E-state index in [-0.39, 0.29) is 42.0 Å². The summed E-state index contributed by atoms with van der Waals surface area (Å²) in [7, 11) is 3.43. The van der Waals surface area contributed by atoms with E-state index in [1.165, 1.54) is 35.5 Å². The van der Waals surface area contributed by atoms with Crippen LogP contribution in [0.15, 0.2) is 41.4 Å². The van der Waals surface area contributed by atoms with Crippen LogP contribution >= 0.6 is 11.8 Å². The summed E-state index contributed by atoms with van der Waals surface area (Å²) in [6.07, 6.45) is 5.13. The topological polar surface area (TPSA) is 134 Å². The van der Waals surface area contributed by atoms with Crippen LogP contribution in [0.4, 0.5) is 46.3 Å². The van der Waals surface area contributed by atoms with Gasteiger partial charge in [0.1, 0.15) is 6.04 Å². The van der Waals surface area contributed by atoms with E-state index in [0.717, 1.165) is 63.0 Å². The number of halogens is 4. The standard InChI is InChI=1S/C46H58F4N8O4S/c1-28-22-32(8-9-35(28)52-44-51-25-34(46(48,49)50)41(54-44)30-4-6-31(60)7-5-30)63-33-23-45(24-33)16-20-56(21-17-45)26-29-14-18-57(19-15-29)36-10-11-37(42(40(36)47)55(2)3)58(27-59)38-12-13-39(61)53-43(38)62/h8-11,22,25,27,29-31,33,38,60H,4-7,12-21,23-24,26H2,1-3H3,(H,51,52,54)(H,53,61,62). The number of benzene rings is 2. The third-order valence-corrected chi connectivity index (χ3v) is 15.3. The number of amides is 3. The summed E-state index contributed by atoms with van der Waals surface area (Å²) in [5.74, 6) is -1.09. The predicted octanol–water partition coefficient (Wildman–Crippen LogP) is 7.79. The highest BCUT2D eigenvalue weighted by Crippen LogP contribution is 2.55. The van der Waals surface area contributed by atoms with Crippen molar-refractivity contribution in [2.45, 2.75) is 118 Å². The smallest absolute Gasteiger partial charge is 0.393 e. The first kappa shape index (κ1) is 45.1. The van der Waals surface area contributed by atoms with E-state index in [2.05, 4.69) is 42.5 Å². The number of aryl methyl sites for hydroxylation is 1. The van der Waals surface area contributed by atoms with Gasteiger partial charge in [0, 0.05) is 68.1 Å². The van der Waals surface area contributed by atoms with Gasteiger partial charge in [-0.25, -0.2) is 14.4 Å². The number of hydrogen-bond acceptors (Lipinski definition) is 11. The highest BCUT2D eigenvalue weighted by molar-refractivity contribution is 8.00. The molecule has 3 amide bonds. The maximum atomic E-state index is 16.3. The van der Waals surface area contributed by atoms with Crippen molar-refractivity contribution in [2.75, 3.05) is 66.8 Å². The number of aliphatic hydroxyl groups is 1. The maximum Gasteiger partial charge on any atom is 0.419 e. The van der Waals surface area contributed by atoms with Gasteiger partial charge in [0.05, 0.1) is 34.4 Å². The van der Waals surface area contributed by atoms with Crippen molar-refractivity contribution in [3.8, 4) is 0 Å². The van der Waals surface area contributed by atoms with Crippen LogP contribution in [0.1, 0.15) is 99.8 Å². The normalized spacial score (nSPS) is 23.6. The lowest BCUT2D eigenvalue weighted by Gasteiger charge is -2.52. The molecule has 2 aliphatic carbocycles. The molecule has 4 heterocycles. The molecule has 17 heteroatoms. The summed E-state index contributed by atoms with van der Waals surface area (Å²) in [4.78, 5) is 53.7. The molecule has 0 bridgehead atoms. The number of alkyl halides is 3. The number of anilines is 5. The average Bonchev–Trinajstić information content (AvgIpc) is 3.23. The second-order valence-electron chi connectivity index (χ2n) is 18.6. The molecule has 2 aromatic carbocycles. The summed E-state index contributed by atoms with van der Waals surface area (Å²) in [6.45, 7) is 6.63. The number of carbonyl (C=O) groups excluding carboxylic acids is 3. The zero-order valence-corrected chi connectivity index (χ0v) is 37.0. The summed E-state index contributed by atoms with van der Waals surface area (Å²) in [5, 5.41) is 15.9. The SMILES string of the molecule is Cc1cc(SC2CC3(CCN(CC4CCN(c5ccc(N(C=O)C6CCC(=O)NC6=O)c(N(C)C)c5F)CC4)CC3)C2)ccc1Nc1ncc(C(F)(F)F)c(C2CCC(O)CC2)n1. The molecule has 3 aliphatic heterocycles. The molecule has 340 valence electrons. The number of nitrogens with one attached hydrogen (secondary N) is 2. The molecule has 1 unspecified atom stereocenters. The van der Waals surface area contributed by atoms with Crippen molar-refractivity contribution in [1.82, 2.24) is 20.2 Å². The van der Waals surface area contributed by atoms with Crippen LogP contribution in [0.5, 0.6) is 0 Å². The van der Waals surface area contributed by atoms with Crippen LogP contribution in [0.25, 0.3) is 0 Å². The van der Waals surface area contributed by atoms with E-state index in [1.807, 2.05) is 24.8 Å². The first-order valence-corrected chi connectivity index (χ1v) is 23.2. The lowest BCUT2D eigenvalue weighted by atomic mass is 9.63. The number of aromatic nitrogens is 2. The summed E-state index contributed by atoms with van der Waals surface area (Å²) in [6, 6.07) is 8.64. The van der Waals surface area contributed by atoms with E-state index in [0.29, 0.717) is 60.1 Å². The van der Waals surface area contributed by atoms with Crippen LogP contribution < -0.4 is 25.3 Å². The van der Waals surface area contributed by atoms with Gasteiger partial charge >= 0.3 is 6.18 Å². The number of hydrogen-bond donors (Lipinski definition) is 3. The van der Waals surface area contributed by atoms with Gasteiger partial charge in [0.15, 0.2) is 5.82 Å². The molecular formula is C46H58F4N8O4S. The van der Waals surface area contributed by atoms with Crippen molar-refractivity contribution in [2.24, 2.45) is 11.3 Å². The van der Waals surface area contributed by atoms with Gasteiger partial charge in [-0.15, -0.1) is 11.8 Å². The van der Waals surface area contributed by atoms with Crippen molar-refractivity contribution in [3.05, 3.63) is 59.2 Å². The zero-order valence-electron chi connectivity index (χ0n) is 36.2. The van der Waals surface area contributed by atoms with E-state index in [4.69, 9.17) is 0 Å². The number of imide groups is 1. The number of thioether (sulfide) groups is 1. The van der Waals surface area contributed by atoms with Crippen molar-refractivity contribution in [3.63, 3.8) is 0 Å². The average molecular weight is 895 g/mol. The Kier molecular flexibility index (Phi) is 13.3. The third-order valence-electron chi connectivity index (χ3n) is 14.1. The minimum atomic E-state index is -4.55. The van der Waals surface area contributed by atoms with Gasteiger partial charge in [-0.1, -0.05) is 0 Å². The first-order chi connectivity index (χ1) is 30.1. The number of piperidine rings is 3. The molecule has 2 saturated carbocycles. The van der Waals surface area contributed by atoms with Gasteiger partial charge < -0.3 is 30.0 Å². The minimum absolute atomic E-state index is 0.0000780. The molecule has 5 fully saturated rings. The van der Waals surface area contributed by atoms with Crippen molar-refractivity contribution < 1.29 is 37.1 Å². The van der Waals surface area contributed by atoms with Crippen LogP contribution in [0.3, 0.4) is 0 Å². The zero-order chi connectivity index (χ0) is 44.6. The van der Waals surface area contributed by atoms with Crippen molar-refractivity contribution >= 4 is 58.7 Å². The Morgan fingerprint density at radius 2 is 1.71 bits per heavy atom. The van der Waals surface area contributed by atoms with E-state index >= 15 is 4.39 Å². The Balaban J connectivity index is 0.797. The van der Waals surface area contributed by atoms with Gasteiger partial charge in [-0.05, 0) is 138 Å². The molecular weight excluding hydrogens is 837 g/mol. The third kappa shape index (κ3) is 9.95. The Labute approximate surface area is 370 Å². The fourth-order valence-electron chi connectivity index (χ4n) is 10.5. The molecule has 1 spiro atoms. The Bertz CT molecular complexity index is 2160. The lowest BCUT2D eigenvalue weighted by Crippen LogP contribution is -2.52. The van der Waals surface area contributed by atoms with Gasteiger partial charge in [0.25, 0.3) is 0 Å². The number of likely N-dealkylation sites (tertiary alicyclic amines) is 1. The van der Waals surface area contributed by atoms with Crippen LogP contribution in [-0.2, 0) is 20.6 Å². The summed E-state index contributed by atoms with van der Waals surface area (Å²) in [5.41, 5.74) is 2.30. The molecule has 0 radical (unpaired) electrons. The fourth-order valence-corrected chi connectivity index (χ4v) is 12.1.